The molecule has 1 saturated heterocycles. The normalized spacial score (nSPS) is 25.8. The lowest BCUT2D eigenvalue weighted by atomic mass is 9.86. The van der Waals surface area contributed by atoms with E-state index in [0.29, 0.717) is 18.1 Å². The zero-order valence-corrected chi connectivity index (χ0v) is 15.4. The van der Waals surface area contributed by atoms with Gasteiger partial charge in [0.25, 0.3) is 5.69 Å². The Bertz CT molecular complexity index is 589. The minimum absolute atomic E-state index is 0.238. The number of rotatable bonds is 5. The van der Waals surface area contributed by atoms with Crippen molar-refractivity contribution < 1.29 is 9.66 Å². The highest BCUT2D eigenvalue weighted by atomic mass is 16.6. The number of nitro groups is 1. The molecule has 25 heavy (non-hydrogen) atoms. The van der Waals surface area contributed by atoms with E-state index in [1.807, 2.05) is 26.2 Å². The topological polar surface area (TPSA) is 55.6 Å². The van der Waals surface area contributed by atoms with Crippen LogP contribution in [0.3, 0.4) is 0 Å². The van der Waals surface area contributed by atoms with Crippen LogP contribution in [-0.2, 0) is 11.2 Å². The van der Waals surface area contributed by atoms with Crippen LogP contribution in [0.1, 0.15) is 49.7 Å². The van der Waals surface area contributed by atoms with E-state index in [2.05, 4.69) is 4.90 Å². The third-order valence-electron chi connectivity index (χ3n) is 6.08. The number of nitro benzene ring substituents is 1. The van der Waals surface area contributed by atoms with E-state index >= 15 is 0 Å². The molecule has 1 aliphatic heterocycles. The molecule has 2 fully saturated rings. The van der Waals surface area contributed by atoms with Gasteiger partial charge in [0.2, 0.25) is 0 Å². The third kappa shape index (κ3) is 4.59. The highest BCUT2D eigenvalue weighted by Gasteiger charge is 2.29. The van der Waals surface area contributed by atoms with Crippen LogP contribution in [-0.4, -0.2) is 42.2 Å². The molecule has 5 nitrogen and oxygen atoms in total. The lowest BCUT2D eigenvalue weighted by Gasteiger charge is -2.40. The van der Waals surface area contributed by atoms with Crippen LogP contribution in [0, 0.1) is 23.0 Å². The number of piperidine rings is 1. The molecule has 1 heterocycles. The van der Waals surface area contributed by atoms with Crippen molar-refractivity contribution in [2.24, 2.45) is 5.92 Å². The highest BCUT2D eigenvalue weighted by molar-refractivity contribution is 5.42. The smallest absolute Gasteiger partial charge is 0.272 e. The molecule has 0 atom stereocenters. The maximum absolute atomic E-state index is 11.3. The summed E-state index contributed by atoms with van der Waals surface area (Å²) >= 11 is 0. The van der Waals surface area contributed by atoms with Crippen molar-refractivity contribution in [2.75, 3.05) is 20.2 Å². The highest BCUT2D eigenvalue weighted by Crippen LogP contribution is 2.31. The molecular weight excluding hydrogens is 316 g/mol. The number of aryl methyl sites for hydroxylation is 1. The van der Waals surface area contributed by atoms with Gasteiger partial charge in [-0.25, -0.2) is 0 Å². The first-order valence-corrected chi connectivity index (χ1v) is 9.57. The summed E-state index contributed by atoms with van der Waals surface area (Å²) in [6.07, 6.45) is 8.43. The molecule has 0 N–H and O–H groups in total. The van der Waals surface area contributed by atoms with Gasteiger partial charge in [0.05, 0.1) is 11.0 Å². The minimum atomic E-state index is -0.238. The van der Waals surface area contributed by atoms with Crippen molar-refractivity contribution in [3.63, 3.8) is 0 Å². The van der Waals surface area contributed by atoms with E-state index < -0.39 is 0 Å². The number of hydrogen-bond acceptors (Lipinski definition) is 4. The molecule has 3 rings (SSSR count). The van der Waals surface area contributed by atoms with Crippen LogP contribution in [0.4, 0.5) is 5.69 Å². The molecule has 1 aliphatic carbocycles. The second-order valence-electron chi connectivity index (χ2n) is 7.74. The first-order valence-electron chi connectivity index (χ1n) is 9.57. The van der Waals surface area contributed by atoms with Gasteiger partial charge < -0.3 is 9.64 Å². The van der Waals surface area contributed by atoms with E-state index in [0.717, 1.165) is 43.5 Å². The number of likely N-dealkylation sites (tertiary alicyclic amines) is 1. The molecule has 5 heteroatoms. The standard InChI is InChI=1S/C20H30N2O3/c1-15-3-8-20(22(23)24)17(13-15)14-16-9-11-21(12-10-16)18-4-6-19(25-2)7-5-18/h3,8,13,16,18-19H,4-7,9-12,14H2,1-2H3. The fraction of sp³-hybridized carbons (Fsp3) is 0.700. The maximum atomic E-state index is 11.3. The predicted molar refractivity (Wildman–Crippen MR) is 98.9 cm³/mol. The van der Waals surface area contributed by atoms with Crippen molar-refractivity contribution in [1.82, 2.24) is 4.90 Å². The Morgan fingerprint density at radius 1 is 1.16 bits per heavy atom. The molecule has 0 amide bonds. The summed E-state index contributed by atoms with van der Waals surface area (Å²) in [4.78, 5) is 13.7. The zero-order valence-electron chi connectivity index (χ0n) is 15.4. The summed E-state index contributed by atoms with van der Waals surface area (Å²) < 4.78 is 5.48. The van der Waals surface area contributed by atoms with Gasteiger partial charge in [0.1, 0.15) is 0 Å². The molecule has 0 spiro atoms. The predicted octanol–water partition coefficient (Wildman–Crippen LogP) is 4.12. The second-order valence-corrected chi connectivity index (χ2v) is 7.74. The van der Waals surface area contributed by atoms with Gasteiger partial charge in [-0.15, -0.1) is 0 Å². The van der Waals surface area contributed by atoms with Gasteiger partial charge in [-0.1, -0.05) is 11.6 Å². The van der Waals surface area contributed by atoms with E-state index in [1.54, 1.807) is 6.07 Å². The summed E-state index contributed by atoms with van der Waals surface area (Å²) in [5.74, 6) is 0.562. The molecule has 2 aliphatic rings. The minimum Gasteiger partial charge on any atom is -0.381 e. The van der Waals surface area contributed by atoms with Crippen LogP contribution in [0.25, 0.3) is 0 Å². The number of nitrogens with zero attached hydrogens (tertiary/aromatic N) is 2. The summed E-state index contributed by atoms with van der Waals surface area (Å²) in [7, 11) is 1.82. The van der Waals surface area contributed by atoms with Crippen LogP contribution in [0.2, 0.25) is 0 Å². The van der Waals surface area contributed by atoms with Gasteiger partial charge in [-0.3, -0.25) is 10.1 Å². The summed E-state index contributed by atoms with van der Waals surface area (Å²) in [5, 5.41) is 11.3. The number of ether oxygens (including phenoxy) is 1. The average Bonchev–Trinajstić information content (AvgIpc) is 2.62. The first kappa shape index (κ1) is 18.3. The average molecular weight is 346 g/mol. The van der Waals surface area contributed by atoms with Gasteiger partial charge in [0.15, 0.2) is 0 Å². The van der Waals surface area contributed by atoms with E-state index in [1.165, 1.54) is 25.7 Å². The molecule has 138 valence electrons. The van der Waals surface area contributed by atoms with E-state index in [-0.39, 0.29) is 10.6 Å². The number of methoxy groups -OCH3 is 1. The Hall–Kier alpha value is -1.46. The summed E-state index contributed by atoms with van der Waals surface area (Å²) in [6.45, 7) is 4.27. The Morgan fingerprint density at radius 3 is 2.44 bits per heavy atom. The molecule has 0 aromatic heterocycles. The zero-order chi connectivity index (χ0) is 17.8. The quantitative estimate of drug-likeness (QED) is 0.594. The van der Waals surface area contributed by atoms with Gasteiger partial charge in [-0.05, 0) is 76.9 Å². The molecule has 1 aromatic carbocycles. The Kier molecular flexibility index (Phi) is 6.07. The first-order chi connectivity index (χ1) is 12.1. The summed E-state index contributed by atoms with van der Waals surface area (Å²) in [5.41, 5.74) is 2.29. The second kappa shape index (κ2) is 8.28. The third-order valence-corrected chi connectivity index (χ3v) is 6.08. The largest absolute Gasteiger partial charge is 0.381 e. The SMILES string of the molecule is COC1CCC(N2CCC(Cc3cc(C)ccc3[N+](=O)[O-])CC2)CC1. The summed E-state index contributed by atoms with van der Waals surface area (Å²) in [6, 6.07) is 6.20. The van der Waals surface area contributed by atoms with Crippen molar-refractivity contribution in [3.8, 4) is 0 Å². The van der Waals surface area contributed by atoms with Crippen molar-refractivity contribution in [2.45, 2.75) is 64.0 Å². The van der Waals surface area contributed by atoms with Crippen molar-refractivity contribution in [1.29, 1.82) is 0 Å². The van der Waals surface area contributed by atoms with Gasteiger partial charge in [0, 0.05) is 24.8 Å². The molecule has 0 unspecified atom stereocenters. The van der Waals surface area contributed by atoms with E-state index in [4.69, 9.17) is 4.74 Å². The molecule has 0 radical (unpaired) electrons. The Morgan fingerprint density at radius 2 is 1.84 bits per heavy atom. The van der Waals surface area contributed by atoms with Crippen LogP contribution in [0.15, 0.2) is 18.2 Å². The van der Waals surface area contributed by atoms with Crippen LogP contribution in [0.5, 0.6) is 0 Å². The Labute approximate surface area is 150 Å². The van der Waals surface area contributed by atoms with Crippen LogP contribution >= 0.6 is 0 Å². The lowest BCUT2D eigenvalue weighted by Crippen LogP contribution is -2.44. The Balaban J connectivity index is 1.53. The molecule has 0 bridgehead atoms. The van der Waals surface area contributed by atoms with Crippen LogP contribution < -0.4 is 0 Å². The maximum Gasteiger partial charge on any atom is 0.272 e. The van der Waals surface area contributed by atoms with E-state index in [9.17, 15) is 10.1 Å². The fourth-order valence-corrected chi connectivity index (χ4v) is 4.54. The lowest BCUT2D eigenvalue weighted by molar-refractivity contribution is -0.385. The molecule has 1 saturated carbocycles. The molecule has 1 aromatic rings. The van der Waals surface area contributed by atoms with Gasteiger partial charge >= 0.3 is 0 Å². The van der Waals surface area contributed by atoms with Gasteiger partial charge in [-0.2, -0.15) is 0 Å². The number of hydrogen-bond donors (Lipinski definition) is 0. The van der Waals surface area contributed by atoms with Crippen molar-refractivity contribution >= 4 is 5.69 Å². The monoisotopic (exact) mass is 346 g/mol. The molecular formula is C20H30N2O3. The van der Waals surface area contributed by atoms with Crippen molar-refractivity contribution in [3.05, 3.63) is 39.4 Å². The number of benzene rings is 1. The fourth-order valence-electron chi connectivity index (χ4n) is 4.54.